The zero-order valence-electron chi connectivity index (χ0n) is 11.7. The van der Waals surface area contributed by atoms with Gasteiger partial charge >= 0.3 is 5.97 Å². The normalized spacial score (nSPS) is 14.4. The van der Waals surface area contributed by atoms with Gasteiger partial charge in [-0.3, -0.25) is 4.68 Å². The van der Waals surface area contributed by atoms with Crippen molar-refractivity contribution in [1.82, 2.24) is 9.78 Å². The van der Waals surface area contributed by atoms with Gasteiger partial charge in [0.1, 0.15) is 11.5 Å². The van der Waals surface area contributed by atoms with Crippen LogP contribution in [-0.4, -0.2) is 20.9 Å². The molecule has 0 saturated heterocycles. The molecule has 1 N–H and O–H groups in total. The van der Waals surface area contributed by atoms with Crippen LogP contribution in [0.2, 0.25) is 0 Å². The Morgan fingerprint density at radius 3 is 2.73 bits per heavy atom. The average molecular weight is 296 g/mol. The van der Waals surface area contributed by atoms with E-state index in [0.717, 1.165) is 23.7 Å². The maximum absolute atomic E-state index is 13.5. The molecule has 4 rings (SSSR count). The van der Waals surface area contributed by atoms with Gasteiger partial charge in [-0.25, -0.2) is 9.18 Å². The summed E-state index contributed by atoms with van der Waals surface area (Å²) in [5.74, 6) is -1.27. The van der Waals surface area contributed by atoms with Crippen LogP contribution < -0.4 is 0 Å². The second kappa shape index (κ2) is 4.66. The van der Waals surface area contributed by atoms with E-state index in [-0.39, 0.29) is 11.4 Å². The maximum Gasteiger partial charge on any atom is 0.335 e. The van der Waals surface area contributed by atoms with Crippen LogP contribution >= 0.6 is 0 Å². The summed E-state index contributed by atoms with van der Waals surface area (Å²) in [4.78, 5) is 11.2. The summed E-state index contributed by atoms with van der Waals surface area (Å²) in [6.45, 7) is 0. The van der Waals surface area contributed by atoms with Gasteiger partial charge < -0.3 is 5.11 Å². The number of nitrogens with zero attached hydrogens (tertiary/aromatic N) is 2. The van der Waals surface area contributed by atoms with E-state index in [2.05, 4.69) is 5.10 Å². The summed E-state index contributed by atoms with van der Waals surface area (Å²) in [6.07, 6.45) is 2.08. The van der Waals surface area contributed by atoms with E-state index >= 15 is 0 Å². The molecule has 1 heterocycles. The highest BCUT2D eigenvalue weighted by molar-refractivity contribution is 5.98. The van der Waals surface area contributed by atoms with E-state index in [0.29, 0.717) is 17.3 Å². The molecule has 1 fully saturated rings. The lowest BCUT2D eigenvalue weighted by molar-refractivity contribution is 0.0697. The third kappa shape index (κ3) is 2.06. The van der Waals surface area contributed by atoms with Gasteiger partial charge in [0, 0.05) is 10.9 Å². The predicted octanol–water partition coefficient (Wildman–Crippen LogP) is 3.88. The zero-order chi connectivity index (χ0) is 15.3. The molecule has 5 heteroatoms. The molecular weight excluding hydrogens is 283 g/mol. The summed E-state index contributed by atoms with van der Waals surface area (Å²) < 4.78 is 15.4. The molecule has 1 saturated carbocycles. The van der Waals surface area contributed by atoms with E-state index in [1.54, 1.807) is 24.3 Å². The van der Waals surface area contributed by atoms with Gasteiger partial charge in [-0.2, -0.15) is 5.10 Å². The molecule has 22 heavy (non-hydrogen) atoms. The van der Waals surface area contributed by atoms with Crippen molar-refractivity contribution in [2.24, 2.45) is 0 Å². The number of hydrogen-bond acceptors (Lipinski definition) is 2. The van der Waals surface area contributed by atoms with Crippen molar-refractivity contribution in [2.75, 3.05) is 0 Å². The lowest BCUT2D eigenvalue weighted by atomic mass is 10.1. The van der Waals surface area contributed by atoms with Crippen molar-refractivity contribution in [3.05, 3.63) is 53.8 Å². The van der Waals surface area contributed by atoms with E-state index in [4.69, 9.17) is 0 Å². The topological polar surface area (TPSA) is 55.1 Å². The number of aromatic carboxylic acids is 1. The molecule has 3 aromatic rings. The number of carbonyl (C=O) groups is 1. The Labute approximate surface area is 125 Å². The summed E-state index contributed by atoms with van der Waals surface area (Å²) in [5.41, 5.74) is 2.42. The van der Waals surface area contributed by atoms with Gasteiger partial charge in [0.05, 0.1) is 17.1 Å². The van der Waals surface area contributed by atoms with Crippen LogP contribution in [0.15, 0.2) is 42.5 Å². The standard InChI is InChI=1S/C17H13FN2O2/c18-12-3-1-2-10(8-12)16-14-7-4-11(17(21)22)9-15(14)20(19-16)13-5-6-13/h1-4,7-9,13H,5-6H2,(H,21,22). The first-order valence-electron chi connectivity index (χ1n) is 7.15. The largest absolute Gasteiger partial charge is 0.478 e. The van der Waals surface area contributed by atoms with E-state index in [1.807, 2.05) is 10.7 Å². The summed E-state index contributed by atoms with van der Waals surface area (Å²) in [6, 6.07) is 11.6. The Balaban J connectivity index is 1.97. The number of carboxylic acids is 1. The molecule has 0 aliphatic heterocycles. The number of fused-ring (bicyclic) bond motifs is 1. The van der Waals surface area contributed by atoms with Gasteiger partial charge in [0.15, 0.2) is 0 Å². The van der Waals surface area contributed by atoms with Crippen LogP contribution in [0.5, 0.6) is 0 Å². The first-order chi connectivity index (χ1) is 10.6. The third-order valence-electron chi connectivity index (χ3n) is 3.95. The quantitative estimate of drug-likeness (QED) is 0.798. The molecule has 0 spiro atoms. The van der Waals surface area contributed by atoms with Crippen molar-refractivity contribution >= 4 is 16.9 Å². The lowest BCUT2D eigenvalue weighted by Crippen LogP contribution is -1.99. The van der Waals surface area contributed by atoms with Crippen molar-refractivity contribution in [3.63, 3.8) is 0 Å². The molecular formula is C17H13FN2O2. The maximum atomic E-state index is 13.5. The summed E-state index contributed by atoms with van der Waals surface area (Å²) >= 11 is 0. The molecule has 4 nitrogen and oxygen atoms in total. The van der Waals surface area contributed by atoms with Gasteiger partial charge in [-0.15, -0.1) is 0 Å². The zero-order valence-corrected chi connectivity index (χ0v) is 11.7. The number of rotatable bonds is 3. The molecule has 0 unspecified atom stereocenters. The van der Waals surface area contributed by atoms with Crippen LogP contribution in [0.3, 0.4) is 0 Å². The fourth-order valence-corrected chi connectivity index (χ4v) is 2.72. The number of benzene rings is 2. The Kier molecular flexibility index (Phi) is 2.76. The first kappa shape index (κ1) is 13.0. The Hall–Kier alpha value is -2.69. The van der Waals surface area contributed by atoms with Gasteiger partial charge in [-0.1, -0.05) is 12.1 Å². The SMILES string of the molecule is O=C(O)c1ccc2c(-c3cccc(F)c3)nn(C3CC3)c2c1. The van der Waals surface area contributed by atoms with Crippen molar-refractivity contribution < 1.29 is 14.3 Å². The smallest absolute Gasteiger partial charge is 0.335 e. The fraction of sp³-hybridized carbons (Fsp3) is 0.176. The Bertz CT molecular complexity index is 897. The summed E-state index contributed by atoms with van der Waals surface area (Å²) in [7, 11) is 0. The number of carboxylic acid groups (broad SMARTS) is 1. The molecule has 0 radical (unpaired) electrons. The highest BCUT2D eigenvalue weighted by Crippen LogP contribution is 2.39. The van der Waals surface area contributed by atoms with Crippen LogP contribution in [0.4, 0.5) is 4.39 Å². The Morgan fingerprint density at radius 2 is 2.05 bits per heavy atom. The van der Waals surface area contributed by atoms with Crippen molar-refractivity contribution in [1.29, 1.82) is 0 Å². The number of hydrogen-bond donors (Lipinski definition) is 1. The molecule has 0 amide bonds. The summed E-state index contributed by atoms with van der Waals surface area (Å²) in [5, 5.41) is 14.6. The number of aromatic nitrogens is 2. The molecule has 1 aromatic heterocycles. The van der Waals surface area contributed by atoms with Crippen LogP contribution in [-0.2, 0) is 0 Å². The van der Waals surface area contributed by atoms with Crippen LogP contribution in [0, 0.1) is 5.82 Å². The monoisotopic (exact) mass is 296 g/mol. The van der Waals surface area contributed by atoms with E-state index < -0.39 is 5.97 Å². The number of halogens is 1. The lowest BCUT2D eigenvalue weighted by Gasteiger charge is -2.00. The predicted molar refractivity (Wildman–Crippen MR) is 80.4 cm³/mol. The second-order valence-electron chi connectivity index (χ2n) is 5.57. The van der Waals surface area contributed by atoms with Gasteiger partial charge in [0.2, 0.25) is 0 Å². The molecule has 110 valence electrons. The molecule has 0 bridgehead atoms. The Morgan fingerprint density at radius 1 is 1.23 bits per heavy atom. The van der Waals surface area contributed by atoms with Gasteiger partial charge in [0.25, 0.3) is 0 Å². The van der Waals surface area contributed by atoms with E-state index in [1.165, 1.54) is 12.1 Å². The van der Waals surface area contributed by atoms with Crippen molar-refractivity contribution in [2.45, 2.75) is 18.9 Å². The second-order valence-corrected chi connectivity index (χ2v) is 5.57. The molecule has 0 atom stereocenters. The molecule has 1 aliphatic carbocycles. The highest BCUT2D eigenvalue weighted by atomic mass is 19.1. The third-order valence-corrected chi connectivity index (χ3v) is 3.95. The average Bonchev–Trinajstić information content (AvgIpc) is 3.27. The first-order valence-corrected chi connectivity index (χ1v) is 7.15. The minimum absolute atomic E-state index is 0.236. The highest BCUT2D eigenvalue weighted by Gasteiger charge is 2.28. The molecule has 1 aliphatic rings. The van der Waals surface area contributed by atoms with E-state index in [9.17, 15) is 14.3 Å². The minimum Gasteiger partial charge on any atom is -0.478 e. The fourth-order valence-electron chi connectivity index (χ4n) is 2.72. The van der Waals surface area contributed by atoms with Crippen molar-refractivity contribution in [3.8, 4) is 11.3 Å². The van der Waals surface area contributed by atoms with Gasteiger partial charge in [-0.05, 0) is 43.2 Å². The minimum atomic E-state index is -0.960. The van der Waals surface area contributed by atoms with Crippen LogP contribution in [0.25, 0.3) is 22.2 Å². The molecule has 2 aromatic carbocycles. The van der Waals surface area contributed by atoms with Crippen LogP contribution in [0.1, 0.15) is 29.2 Å².